The number of ether oxygens (including phenoxy) is 1. The lowest BCUT2D eigenvalue weighted by atomic mass is 10.0. The summed E-state index contributed by atoms with van der Waals surface area (Å²) in [6.45, 7) is 2.70. The number of methoxy groups -OCH3 is 1. The fourth-order valence-electron chi connectivity index (χ4n) is 1.27. The molecule has 6 heteroatoms. The standard InChI is InChI=1S/C12H15NO5/c1-12(2,11(16)17)13-10(15)7-5-4-6-8(18-3)9(7)14/h4-6,14H,1-3H3,(H,13,15)(H,16,17). The number of carboxylic acid groups (broad SMARTS) is 1. The minimum Gasteiger partial charge on any atom is -0.504 e. The number of carbonyl (C=O) groups is 2. The number of carbonyl (C=O) groups excluding carboxylic acids is 1. The Bertz CT molecular complexity index is 481. The van der Waals surface area contributed by atoms with Crippen LogP contribution in [0.5, 0.6) is 11.5 Å². The second-order valence-electron chi connectivity index (χ2n) is 4.24. The van der Waals surface area contributed by atoms with E-state index in [1.165, 1.54) is 39.2 Å². The number of phenolic OH excluding ortho intramolecular Hbond substituents is 1. The molecule has 0 aliphatic heterocycles. The van der Waals surface area contributed by atoms with Crippen molar-refractivity contribution in [2.24, 2.45) is 0 Å². The molecule has 0 aliphatic carbocycles. The molecule has 1 aromatic rings. The first kappa shape index (κ1) is 13.8. The van der Waals surface area contributed by atoms with Crippen LogP contribution in [-0.4, -0.2) is 34.7 Å². The van der Waals surface area contributed by atoms with Crippen LogP contribution in [0.15, 0.2) is 18.2 Å². The van der Waals surface area contributed by atoms with Gasteiger partial charge in [-0.2, -0.15) is 0 Å². The van der Waals surface area contributed by atoms with Crippen molar-refractivity contribution < 1.29 is 24.5 Å². The number of aliphatic carboxylic acids is 1. The molecular weight excluding hydrogens is 238 g/mol. The Morgan fingerprint density at radius 1 is 1.33 bits per heavy atom. The van der Waals surface area contributed by atoms with Gasteiger partial charge in [-0.1, -0.05) is 6.07 Å². The number of aromatic hydroxyl groups is 1. The maximum Gasteiger partial charge on any atom is 0.328 e. The van der Waals surface area contributed by atoms with Gasteiger partial charge in [-0.05, 0) is 26.0 Å². The van der Waals surface area contributed by atoms with Crippen molar-refractivity contribution in [3.63, 3.8) is 0 Å². The summed E-state index contributed by atoms with van der Waals surface area (Å²) < 4.78 is 4.87. The van der Waals surface area contributed by atoms with Gasteiger partial charge in [0.05, 0.1) is 12.7 Å². The van der Waals surface area contributed by atoms with Crippen molar-refractivity contribution in [2.45, 2.75) is 19.4 Å². The number of hydrogen-bond acceptors (Lipinski definition) is 4. The molecule has 18 heavy (non-hydrogen) atoms. The van der Waals surface area contributed by atoms with Crippen molar-refractivity contribution in [2.75, 3.05) is 7.11 Å². The van der Waals surface area contributed by atoms with Gasteiger partial charge in [-0.3, -0.25) is 4.79 Å². The predicted molar refractivity (Wildman–Crippen MR) is 63.8 cm³/mol. The second-order valence-corrected chi connectivity index (χ2v) is 4.24. The number of hydrogen-bond donors (Lipinski definition) is 3. The summed E-state index contributed by atoms with van der Waals surface area (Å²) in [6.07, 6.45) is 0. The average molecular weight is 253 g/mol. The molecule has 1 amide bonds. The number of rotatable bonds is 4. The van der Waals surface area contributed by atoms with Crippen LogP contribution in [0.4, 0.5) is 0 Å². The molecule has 0 radical (unpaired) electrons. The van der Waals surface area contributed by atoms with Crippen molar-refractivity contribution in [1.82, 2.24) is 5.32 Å². The second kappa shape index (κ2) is 4.95. The lowest BCUT2D eigenvalue weighted by molar-refractivity contribution is -0.143. The molecule has 0 atom stereocenters. The molecule has 0 spiro atoms. The minimum atomic E-state index is -1.42. The van der Waals surface area contributed by atoms with E-state index >= 15 is 0 Å². The predicted octanol–water partition coefficient (Wildman–Crippen LogP) is 0.994. The number of carboxylic acids is 1. The maximum absolute atomic E-state index is 11.9. The van der Waals surface area contributed by atoms with Crippen LogP contribution >= 0.6 is 0 Å². The van der Waals surface area contributed by atoms with E-state index in [0.29, 0.717) is 0 Å². The highest BCUT2D eigenvalue weighted by molar-refractivity contribution is 6.00. The highest BCUT2D eigenvalue weighted by Gasteiger charge is 2.30. The lowest BCUT2D eigenvalue weighted by Crippen LogP contribution is -2.49. The Morgan fingerprint density at radius 2 is 1.94 bits per heavy atom. The first-order chi connectivity index (χ1) is 8.29. The van der Waals surface area contributed by atoms with Crippen LogP contribution in [0.3, 0.4) is 0 Å². The van der Waals surface area contributed by atoms with Gasteiger partial charge in [0.1, 0.15) is 5.54 Å². The van der Waals surface area contributed by atoms with E-state index in [1.807, 2.05) is 0 Å². The van der Waals surface area contributed by atoms with Crippen molar-refractivity contribution in [1.29, 1.82) is 0 Å². The zero-order valence-electron chi connectivity index (χ0n) is 10.4. The molecule has 0 unspecified atom stereocenters. The molecule has 3 N–H and O–H groups in total. The van der Waals surface area contributed by atoms with Crippen LogP contribution in [0.1, 0.15) is 24.2 Å². The van der Waals surface area contributed by atoms with E-state index in [2.05, 4.69) is 5.32 Å². The SMILES string of the molecule is COc1cccc(C(=O)NC(C)(C)C(=O)O)c1O. The van der Waals surface area contributed by atoms with E-state index < -0.39 is 17.4 Å². The van der Waals surface area contributed by atoms with Crippen LogP contribution in [0.2, 0.25) is 0 Å². The average Bonchev–Trinajstić information content (AvgIpc) is 2.28. The third-order valence-corrected chi connectivity index (χ3v) is 2.42. The zero-order valence-corrected chi connectivity index (χ0v) is 10.4. The van der Waals surface area contributed by atoms with Crippen molar-refractivity contribution >= 4 is 11.9 Å². The normalized spacial score (nSPS) is 10.8. The third kappa shape index (κ3) is 2.71. The topological polar surface area (TPSA) is 95.9 Å². The summed E-state index contributed by atoms with van der Waals surface area (Å²) in [5, 5.41) is 21.0. The van der Waals surface area contributed by atoms with Gasteiger partial charge in [-0.25, -0.2) is 4.79 Å². The fraction of sp³-hybridized carbons (Fsp3) is 0.333. The van der Waals surface area contributed by atoms with Crippen LogP contribution in [0.25, 0.3) is 0 Å². The Morgan fingerprint density at radius 3 is 2.44 bits per heavy atom. The van der Waals surface area contributed by atoms with Gasteiger partial charge in [0.2, 0.25) is 0 Å². The molecule has 0 heterocycles. The first-order valence-corrected chi connectivity index (χ1v) is 5.21. The molecule has 0 saturated carbocycles. The van der Waals surface area contributed by atoms with Gasteiger partial charge in [-0.15, -0.1) is 0 Å². The highest BCUT2D eigenvalue weighted by atomic mass is 16.5. The third-order valence-electron chi connectivity index (χ3n) is 2.42. The Kier molecular flexibility index (Phi) is 3.80. The lowest BCUT2D eigenvalue weighted by Gasteiger charge is -2.21. The van der Waals surface area contributed by atoms with Crippen LogP contribution in [-0.2, 0) is 4.79 Å². The van der Waals surface area contributed by atoms with Gasteiger partial charge in [0.15, 0.2) is 11.5 Å². The zero-order chi connectivity index (χ0) is 13.9. The van der Waals surface area contributed by atoms with Gasteiger partial charge < -0.3 is 20.3 Å². The molecule has 6 nitrogen and oxygen atoms in total. The fourth-order valence-corrected chi connectivity index (χ4v) is 1.27. The Hall–Kier alpha value is -2.24. The summed E-state index contributed by atoms with van der Waals surface area (Å²) >= 11 is 0. The summed E-state index contributed by atoms with van der Waals surface area (Å²) in [7, 11) is 1.36. The molecular formula is C12H15NO5. The Balaban J connectivity index is 3.02. The van der Waals surface area contributed by atoms with E-state index in [0.717, 1.165) is 0 Å². The quantitative estimate of drug-likeness (QED) is 0.743. The Labute approximate surface area is 104 Å². The minimum absolute atomic E-state index is 0.0383. The van der Waals surface area contributed by atoms with Crippen molar-refractivity contribution in [3.8, 4) is 11.5 Å². The first-order valence-electron chi connectivity index (χ1n) is 5.21. The van der Waals surface area contributed by atoms with E-state index in [4.69, 9.17) is 9.84 Å². The van der Waals surface area contributed by atoms with E-state index in [9.17, 15) is 14.7 Å². The number of para-hydroxylation sites is 1. The van der Waals surface area contributed by atoms with E-state index in [1.54, 1.807) is 0 Å². The van der Waals surface area contributed by atoms with E-state index in [-0.39, 0.29) is 17.1 Å². The number of amides is 1. The highest BCUT2D eigenvalue weighted by Crippen LogP contribution is 2.29. The number of benzene rings is 1. The molecule has 98 valence electrons. The largest absolute Gasteiger partial charge is 0.504 e. The molecule has 0 bridgehead atoms. The molecule has 1 aromatic carbocycles. The van der Waals surface area contributed by atoms with Gasteiger partial charge in [0.25, 0.3) is 5.91 Å². The molecule has 0 aromatic heterocycles. The van der Waals surface area contributed by atoms with Crippen LogP contribution < -0.4 is 10.1 Å². The molecule has 0 aliphatic rings. The number of phenols is 1. The number of nitrogens with one attached hydrogen (secondary N) is 1. The summed E-state index contributed by atoms with van der Waals surface area (Å²) in [4.78, 5) is 22.8. The maximum atomic E-state index is 11.9. The van der Waals surface area contributed by atoms with Crippen molar-refractivity contribution in [3.05, 3.63) is 23.8 Å². The molecule has 1 rings (SSSR count). The summed E-state index contributed by atoms with van der Waals surface area (Å²) in [5.41, 5.74) is -1.46. The summed E-state index contributed by atoms with van der Waals surface area (Å²) in [6, 6.07) is 4.40. The summed E-state index contributed by atoms with van der Waals surface area (Å²) in [5.74, 6) is -2.02. The van der Waals surface area contributed by atoms with Gasteiger partial charge >= 0.3 is 5.97 Å². The van der Waals surface area contributed by atoms with Crippen LogP contribution in [0, 0.1) is 0 Å². The van der Waals surface area contributed by atoms with Gasteiger partial charge in [0, 0.05) is 0 Å². The molecule has 0 saturated heterocycles. The monoisotopic (exact) mass is 253 g/mol. The smallest absolute Gasteiger partial charge is 0.328 e. The molecule has 0 fully saturated rings.